The minimum absolute atomic E-state index is 0.134. The summed E-state index contributed by atoms with van der Waals surface area (Å²) >= 11 is 13.5. The third kappa shape index (κ3) is 3.88. The van der Waals surface area contributed by atoms with Gasteiger partial charge in [-0.2, -0.15) is 0 Å². The standard InChI is InChI=1S/C19H14Cl2N4OS/c20-13-6-7-14(21)15(11-13)22-18(26)9-10-27-19-24-23-17-8-5-12-3-1-2-4-16(12)25(17)19/h1-8,11H,9-10H2,(H,22,26). The van der Waals surface area contributed by atoms with E-state index in [-0.39, 0.29) is 5.91 Å². The summed E-state index contributed by atoms with van der Waals surface area (Å²) in [5.74, 6) is 0.430. The van der Waals surface area contributed by atoms with Crippen molar-refractivity contribution in [3.8, 4) is 0 Å². The molecule has 4 aromatic rings. The lowest BCUT2D eigenvalue weighted by molar-refractivity contribution is -0.115. The summed E-state index contributed by atoms with van der Waals surface area (Å²) < 4.78 is 2.01. The summed E-state index contributed by atoms with van der Waals surface area (Å²) in [6.07, 6.45) is 0.313. The first-order valence-electron chi connectivity index (χ1n) is 8.22. The van der Waals surface area contributed by atoms with Crippen LogP contribution in [0.15, 0.2) is 59.8 Å². The van der Waals surface area contributed by atoms with Gasteiger partial charge >= 0.3 is 0 Å². The molecule has 4 rings (SSSR count). The van der Waals surface area contributed by atoms with Crippen LogP contribution >= 0.6 is 35.0 Å². The number of nitrogens with one attached hydrogen (secondary N) is 1. The van der Waals surface area contributed by atoms with Crippen molar-refractivity contribution < 1.29 is 4.79 Å². The Labute approximate surface area is 169 Å². The molecule has 0 aliphatic carbocycles. The number of para-hydroxylation sites is 1. The van der Waals surface area contributed by atoms with E-state index in [1.165, 1.54) is 11.8 Å². The van der Waals surface area contributed by atoms with Crippen LogP contribution in [0.1, 0.15) is 6.42 Å². The van der Waals surface area contributed by atoms with Crippen LogP contribution < -0.4 is 5.32 Å². The van der Waals surface area contributed by atoms with Crippen LogP contribution in [-0.2, 0) is 4.79 Å². The number of hydrogen-bond acceptors (Lipinski definition) is 4. The largest absolute Gasteiger partial charge is 0.325 e. The SMILES string of the molecule is O=C(CCSc1nnc2ccc3ccccc3n12)Nc1cc(Cl)ccc1Cl. The highest BCUT2D eigenvalue weighted by molar-refractivity contribution is 7.99. The van der Waals surface area contributed by atoms with Gasteiger partial charge in [-0.15, -0.1) is 10.2 Å². The first-order chi connectivity index (χ1) is 13.1. The number of hydrogen-bond donors (Lipinski definition) is 1. The van der Waals surface area contributed by atoms with Gasteiger partial charge in [0.15, 0.2) is 10.8 Å². The lowest BCUT2D eigenvalue weighted by Crippen LogP contribution is -2.12. The Morgan fingerprint density at radius 1 is 1.07 bits per heavy atom. The minimum Gasteiger partial charge on any atom is -0.325 e. The second kappa shape index (κ2) is 7.76. The van der Waals surface area contributed by atoms with E-state index in [0.717, 1.165) is 21.7 Å². The molecule has 0 unspecified atom stereocenters. The van der Waals surface area contributed by atoms with E-state index in [2.05, 4.69) is 15.5 Å². The summed E-state index contributed by atoms with van der Waals surface area (Å²) in [5.41, 5.74) is 2.34. The number of halogens is 2. The summed E-state index contributed by atoms with van der Waals surface area (Å²) in [6.45, 7) is 0. The molecule has 0 fully saturated rings. The molecule has 2 aromatic heterocycles. The van der Waals surface area contributed by atoms with Gasteiger partial charge < -0.3 is 5.32 Å². The zero-order chi connectivity index (χ0) is 18.8. The summed E-state index contributed by atoms with van der Waals surface area (Å²) in [4.78, 5) is 12.2. The van der Waals surface area contributed by atoms with E-state index in [0.29, 0.717) is 27.9 Å². The molecular formula is C19H14Cl2N4OS. The van der Waals surface area contributed by atoms with E-state index in [1.54, 1.807) is 18.2 Å². The summed E-state index contributed by atoms with van der Waals surface area (Å²) in [7, 11) is 0. The molecule has 5 nitrogen and oxygen atoms in total. The average molecular weight is 417 g/mol. The summed E-state index contributed by atoms with van der Waals surface area (Å²) in [5, 5.41) is 14.1. The third-order valence-corrected chi connectivity index (χ3v) is 5.51. The van der Waals surface area contributed by atoms with Gasteiger partial charge in [0, 0.05) is 17.2 Å². The van der Waals surface area contributed by atoms with Crippen LogP contribution in [0.2, 0.25) is 10.0 Å². The van der Waals surface area contributed by atoms with Crippen molar-refractivity contribution >= 4 is 63.1 Å². The number of benzene rings is 2. The summed E-state index contributed by atoms with van der Waals surface area (Å²) in [6, 6.07) is 17.0. The van der Waals surface area contributed by atoms with Crippen molar-refractivity contribution in [2.75, 3.05) is 11.1 Å². The molecule has 2 heterocycles. The quantitative estimate of drug-likeness (QED) is 0.447. The number of fused-ring (bicyclic) bond motifs is 3. The van der Waals surface area contributed by atoms with Crippen LogP contribution in [0.4, 0.5) is 5.69 Å². The first-order valence-corrected chi connectivity index (χ1v) is 9.96. The van der Waals surface area contributed by atoms with E-state index in [9.17, 15) is 4.79 Å². The van der Waals surface area contributed by atoms with Gasteiger partial charge in [-0.1, -0.05) is 53.2 Å². The van der Waals surface area contributed by atoms with Gasteiger partial charge in [0.25, 0.3) is 0 Å². The molecule has 136 valence electrons. The number of aromatic nitrogens is 3. The minimum atomic E-state index is -0.134. The van der Waals surface area contributed by atoms with Gasteiger partial charge in [0.1, 0.15) is 0 Å². The number of carbonyl (C=O) groups is 1. The maximum atomic E-state index is 12.2. The molecular weight excluding hydrogens is 403 g/mol. The Kier molecular flexibility index (Phi) is 5.20. The predicted molar refractivity (Wildman–Crippen MR) is 111 cm³/mol. The van der Waals surface area contributed by atoms with Crippen LogP contribution in [0.25, 0.3) is 16.6 Å². The molecule has 0 aliphatic rings. The fourth-order valence-electron chi connectivity index (χ4n) is 2.75. The van der Waals surface area contributed by atoms with E-state index in [1.807, 2.05) is 40.8 Å². The zero-order valence-corrected chi connectivity index (χ0v) is 16.4. The van der Waals surface area contributed by atoms with Crippen molar-refractivity contribution in [1.82, 2.24) is 14.6 Å². The van der Waals surface area contributed by atoms with Crippen molar-refractivity contribution in [3.63, 3.8) is 0 Å². The maximum absolute atomic E-state index is 12.2. The number of amides is 1. The topological polar surface area (TPSA) is 59.3 Å². The lowest BCUT2D eigenvalue weighted by Gasteiger charge is -2.08. The van der Waals surface area contributed by atoms with Gasteiger partial charge in [-0.25, -0.2) is 0 Å². The maximum Gasteiger partial charge on any atom is 0.225 e. The number of anilines is 1. The molecule has 0 saturated heterocycles. The normalized spacial score (nSPS) is 11.2. The highest BCUT2D eigenvalue weighted by atomic mass is 35.5. The van der Waals surface area contributed by atoms with Gasteiger partial charge in [-0.05, 0) is 41.8 Å². The Morgan fingerprint density at radius 3 is 2.81 bits per heavy atom. The second-order valence-corrected chi connectivity index (χ2v) is 7.74. The number of pyridine rings is 1. The molecule has 0 atom stereocenters. The monoisotopic (exact) mass is 416 g/mol. The highest BCUT2D eigenvalue weighted by Crippen LogP contribution is 2.26. The van der Waals surface area contributed by atoms with E-state index < -0.39 is 0 Å². The number of rotatable bonds is 5. The van der Waals surface area contributed by atoms with Crippen LogP contribution in [0.5, 0.6) is 0 Å². The first kappa shape index (κ1) is 18.1. The number of carbonyl (C=O) groups excluding carboxylic acids is 1. The van der Waals surface area contributed by atoms with Gasteiger partial charge in [-0.3, -0.25) is 9.20 Å². The molecule has 1 N–H and O–H groups in total. The molecule has 0 bridgehead atoms. The third-order valence-electron chi connectivity index (χ3n) is 4.01. The Hall–Kier alpha value is -2.28. The second-order valence-electron chi connectivity index (χ2n) is 5.84. The molecule has 1 amide bonds. The fourth-order valence-corrected chi connectivity index (χ4v) is 3.97. The van der Waals surface area contributed by atoms with Crippen LogP contribution in [-0.4, -0.2) is 26.3 Å². The molecule has 27 heavy (non-hydrogen) atoms. The number of thioether (sulfide) groups is 1. The molecule has 0 spiro atoms. The van der Waals surface area contributed by atoms with Crippen LogP contribution in [0, 0.1) is 0 Å². The van der Waals surface area contributed by atoms with Gasteiger partial charge in [0.2, 0.25) is 5.91 Å². The Bertz CT molecular complexity index is 1150. The van der Waals surface area contributed by atoms with Crippen molar-refractivity contribution in [2.45, 2.75) is 11.6 Å². The smallest absolute Gasteiger partial charge is 0.225 e. The van der Waals surface area contributed by atoms with Crippen LogP contribution in [0.3, 0.4) is 0 Å². The van der Waals surface area contributed by atoms with E-state index in [4.69, 9.17) is 23.2 Å². The molecule has 0 saturated carbocycles. The highest BCUT2D eigenvalue weighted by Gasteiger charge is 2.11. The molecule has 0 radical (unpaired) electrons. The van der Waals surface area contributed by atoms with Gasteiger partial charge in [0.05, 0.1) is 16.2 Å². The van der Waals surface area contributed by atoms with Crippen molar-refractivity contribution in [1.29, 1.82) is 0 Å². The average Bonchev–Trinajstić information content (AvgIpc) is 3.08. The Morgan fingerprint density at radius 2 is 1.93 bits per heavy atom. The zero-order valence-electron chi connectivity index (χ0n) is 14.0. The number of nitrogens with zero attached hydrogens (tertiary/aromatic N) is 3. The Balaban J connectivity index is 1.45. The molecule has 8 heteroatoms. The van der Waals surface area contributed by atoms with E-state index >= 15 is 0 Å². The van der Waals surface area contributed by atoms with Crippen molar-refractivity contribution in [3.05, 3.63) is 64.6 Å². The predicted octanol–water partition coefficient (Wildman–Crippen LogP) is 5.31. The molecule has 2 aromatic carbocycles. The fraction of sp³-hybridized carbons (Fsp3) is 0.105. The lowest BCUT2D eigenvalue weighted by atomic mass is 10.2. The van der Waals surface area contributed by atoms with Crippen molar-refractivity contribution in [2.24, 2.45) is 0 Å². The molecule has 0 aliphatic heterocycles.